The number of benzene rings is 1. The van der Waals surface area contributed by atoms with Gasteiger partial charge in [-0.15, -0.1) is 0 Å². The summed E-state index contributed by atoms with van der Waals surface area (Å²) in [6.45, 7) is 0.00743. The summed E-state index contributed by atoms with van der Waals surface area (Å²) in [5.41, 5.74) is -1.62. The van der Waals surface area contributed by atoms with Crippen LogP contribution in [0.1, 0.15) is 44.1 Å². The number of carbonyl (C=O) groups is 2. The predicted molar refractivity (Wildman–Crippen MR) is 91.5 cm³/mol. The van der Waals surface area contributed by atoms with Gasteiger partial charge in [-0.25, -0.2) is 0 Å². The van der Waals surface area contributed by atoms with Gasteiger partial charge in [0.2, 0.25) is 11.8 Å². The number of alkyl halides is 3. The highest BCUT2D eigenvalue weighted by Gasteiger charge is 2.40. The van der Waals surface area contributed by atoms with E-state index in [2.05, 4.69) is 11.4 Å². The van der Waals surface area contributed by atoms with E-state index in [0.717, 1.165) is 31.4 Å². The van der Waals surface area contributed by atoms with Gasteiger partial charge in [-0.2, -0.15) is 18.4 Å². The van der Waals surface area contributed by atoms with Crippen LogP contribution in [-0.2, 0) is 15.8 Å². The van der Waals surface area contributed by atoms with E-state index in [1.165, 1.54) is 17.0 Å². The van der Waals surface area contributed by atoms with Gasteiger partial charge in [0, 0.05) is 18.7 Å². The molecule has 1 heterocycles. The van der Waals surface area contributed by atoms with E-state index in [9.17, 15) is 28.0 Å². The van der Waals surface area contributed by atoms with Crippen molar-refractivity contribution in [1.82, 2.24) is 5.32 Å². The molecule has 1 saturated carbocycles. The smallest absolute Gasteiger partial charge is 0.338 e. The van der Waals surface area contributed by atoms with Gasteiger partial charge in [0.05, 0.1) is 17.6 Å². The lowest BCUT2D eigenvalue weighted by atomic mass is 9.82. The summed E-state index contributed by atoms with van der Waals surface area (Å²) in [7, 11) is 0. The first-order valence-corrected chi connectivity index (χ1v) is 8.95. The normalized spacial score (nSPS) is 22.4. The number of hydrogen-bond acceptors (Lipinski definition) is 3. The zero-order chi connectivity index (χ0) is 19.7. The first-order chi connectivity index (χ1) is 12.7. The molecule has 1 atom stereocenters. The van der Waals surface area contributed by atoms with Gasteiger partial charge >= 0.3 is 6.18 Å². The number of hydrogen-bond donors (Lipinski definition) is 1. The van der Waals surface area contributed by atoms with Crippen molar-refractivity contribution in [1.29, 1.82) is 5.26 Å². The number of carbonyl (C=O) groups excluding carboxylic acids is 2. The molecule has 3 rings (SSSR count). The summed E-state index contributed by atoms with van der Waals surface area (Å²) in [4.78, 5) is 26.1. The molecule has 2 amide bonds. The summed E-state index contributed by atoms with van der Waals surface area (Å²) < 4.78 is 38.7. The van der Waals surface area contributed by atoms with Gasteiger partial charge in [-0.1, -0.05) is 25.3 Å². The predicted octanol–water partition coefficient (Wildman–Crippen LogP) is 3.40. The van der Waals surface area contributed by atoms with Crippen LogP contribution in [0.4, 0.5) is 18.9 Å². The topological polar surface area (TPSA) is 73.2 Å². The first kappa shape index (κ1) is 19.2. The molecule has 1 N–H and O–H groups in total. The molecule has 1 saturated heterocycles. The van der Waals surface area contributed by atoms with E-state index in [0.29, 0.717) is 12.8 Å². The molecule has 1 aliphatic carbocycles. The van der Waals surface area contributed by atoms with Crippen LogP contribution >= 0.6 is 0 Å². The molecule has 5 nitrogen and oxygen atoms in total. The Hall–Kier alpha value is -2.56. The number of nitrogens with zero attached hydrogens (tertiary/aromatic N) is 2. The minimum absolute atomic E-state index is 0.00743. The van der Waals surface area contributed by atoms with E-state index in [-0.39, 0.29) is 24.6 Å². The number of anilines is 1. The molecule has 2 fully saturated rings. The quantitative estimate of drug-likeness (QED) is 0.875. The number of nitrogens with one attached hydrogen (secondary N) is 1. The van der Waals surface area contributed by atoms with E-state index >= 15 is 0 Å². The van der Waals surface area contributed by atoms with E-state index < -0.39 is 29.1 Å². The van der Waals surface area contributed by atoms with Crippen LogP contribution in [-0.4, -0.2) is 23.9 Å². The minimum Gasteiger partial charge on any atom is -0.338 e. The van der Waals surface area contributed by atoms with E-state index in [4.69, 9.17) is 0 Å². The third kappa shape index (κ3) is 4.07. The highest BCUT2D eigenvalue weighted by molar-refractivity contribution is 6.00. The van der Waals surface area contributed by atoms with Gasteiger partial charge in [0.1, 0.15) is 5.54 Å². The van der Waals surface area contributed by atoms with E-state index in [1.54, 1.807) is 0 Å². The van der Waals surface area contributed by atoms with Gasteiger partial charge in [-0.3, -0.25) is 9.59 Å². The molecule has 0 radical (unpaired) electrons. The molecule has 8 heteroatoms. The van der Waals surface area contributed by atoms with Crippen LogP contribution < -0.4 is 10.2 Å². The molecule has 0 aromatic heterocycles. The fourth-order valence-electron chi connectivity index (χ4n) is 3.74. The molecule has 144 valence electrons. The van der Waals surface area contributed by atoms with Crippen LogP contribution in [0.2, 0.25) is 0 Å². The van der Waals surface area contributed by atoms with Gasteiger partial charge < -0.3 is 10.2 Å². The number of amides is 2. The van der Waals surface area contributed by atoms with Crippen LogP contribution in [0.3, 0.4) is 0 Å². The Labute approximate surface area is 155 Å². The standard InChI is InChI=1S/C19H20F3N3O2/c20-19(21,22)14-5-4-6-15(10-14)25-11-13(9-16(25)26)17(27)24-18(12-23)7-2-1-3-8-18/h4-6,10,13H,1-3,7-9,11H2,(H,24,27)/t13-/m0/s1. The highest BCUT2D eigenvalue weighted by atomic mass is 19.4. The van der Waals surface area contributed by atoms with Crippen molar-refractivity contribution in [3.05, 3.63) is 29.8 Å². The van der Waals surface area contributed by atoms with Crippen molar-refractivity contribution in [3.63, 3.8) is 0 Å². The summed E-state index contributed by atoms with van der Waals surface area (Å²) in [5, 5.41) is 12.3. The average Bonchev–Trinajstić information content (AvgIpc) is 3.04. The molecular weight excluding hydrogens is 359 g/mol. The average molecular weight is 379 g/mol. The van der Waals surface area contributed by atoms with Crippen LogP contribution in [0.25, 0.3) is 0 Å². The maximum Gasteiger partial charge on any atom is 0.416 e. The lowest BCUT2D eigenvalue weighted by molar-refractivity contribution is -0.137. The van der Waals surface area contributed by atoms with Crippen molar-refractivity contribution in [2.24, 2.45) is 5.92 Å². The van der Waals surface area contributed by atoms with Crippen molar-refractivity contribution < 1.29 is 22.8 Å². The fraction of sp³-hybridized carbons (Fsp3) is 0.526. The number of rotatable bonds is 3. The van der Waals surface area contributed by atoms with Crippen LogP contribution in [0, 0.1) is 17.2 Å². The highest BCUT2D eigenvalue weighted by Crippen LogP contribution is 2.34. The molecule has 0 bridgehead atoms. The molecule has 27 heavy (non-hydrogen) atoms. The van der Waals surface area contributed by atoms with Crippen LogP contribution in [0.5, 0.6) is 0 Å². The second kappa shape index (κ2) is 7.22. The zero-order valence-electron chi connectivity index (χ0n) is 14.7. The minimum atomic E-state index is -4.50. The van der Waals surface area contributed by atoms with Crippen molar-refractivity contribution in [3.8, 4) is 6.07 Å². The van der Waals surface area contributed by atoms with Gasteiger partial charge in [-0.05, 0) is 31.0 Å². The van der Waals surface area contributed by atoms with Crippen molar-refractivity contribution in [2.75, 3.05) is 11.4 Å². The lowest BCUT2D eigenvalue weighted by Gasteiger charge is -2.32. The summed E-state index contributed by atoms with van der Waals surface area (Å²) in [5.74, 6) is -1.47. The van der Waals surface area contributed by atoms with Crippen molar-refractivity contribution >= 4 is 17.5 Å². The monoisotopic (exact) mass is 379 g/mol. The summed E-state index contributed by atoms with van der Waals surface area (Å²) >= 11 is 0. The fourth-order valence-corrected chi connectivity index (χ4v) is 3.74. The molecule has 1 aliphatic heterocycles. The molecule has 1 aromatic carbocycles. The Bertz CT molecular complexity index is 779. The number of halogens is 3. The Morgan fingerprint density at radius 3 is 2.59 bits per heavy atom. The Kier molecular flexibility index (Phi) is 5.13. The maximum absolute atomic E-state index is 12.9. The lowest BCUT2D eigenvalue weighted by Crippen LogP contribution is -2.51. The second-order valence-corrected chi connectivity index (χ2v) is 7.20. The third-order valence-corrected chi connectivity index (χ3v) is 5.26. The summed E-state index contributed by atoms with van der Waals surface area (Å²) in [6, 6.07) is 6.71. The SMILES string of the molecule is N#CC1(NC(=O)[C@H]2CC(=O)N(c3cccc(C(F)(F)F)c3)C2)CCCCC1. The van der Waals surface area contributed by atoms with Crippen LogP contribution in [0.15, 0.2) is 24.3 Å². The molecule has 0 unspecified atom stereocenters. The maximum atomic E-state index is 12.9. The molecular formula is C19H20F3N3O2. The largest absolute Gasteiger partial charge is 0.416 e. The second-order valence-electron chi connectivity index (χ2n) is 7.20. The summed E-state index contributed by atoms with van der Waals surface area (Å²) in [6.07, 6.45) is -0.702. The van der Waals surface area contributed by atoms with Gasteiger partial charge in [0.25, 0.3) is 0 Å². The van der Waals surface area contributed by atoms with E-state index in [1.807, 2.05) is 0 Å². The molecule has 0 spiro atoms. The Balaban J connectivity index is 1.72. The van der Waals surface area contributed by atoms with Gasteiger partial charge in [0.15, 0.2) is 0 Å². The molecule has 2 aliphatic rings. The Morgan fingerprint density at radius 1 is 1.26 bits per heavy atom. The first-order valence-electron chi connectivity index (χ1n) is 8.95. The number of nitriles is 1. The molecule has 1 aromatic rings. The zero-order valence-corrected chi connectivity index (χ0v) is 14.7. The third-order valence-electron chi connectivity index (χ3n) is 5.26. The van der Waals surface area contributed by atoms with Crippen molar-refractivity contribution in [2.45, 2.75) is 50.2 Å². The Morgan fingerprint density at radius 2 is 1.96 bits per heavy atom.